The van der Waals surface area contributed by atoms with Crippen molar-refractivity contribution in [3.63, 3.8) is 0 Å². The number of fused-ring (bicyclic) bond motifs is 1. The van der Waals surface area contributed by atoms with Crippen LogP contribution in [0, 0.1) is 13.8 Å². The zero-order valence-corrected chi connectivity index (χ0v) is 22.0. The van der Waals surface area contributed by atoms with Gasteiger partial charge in [0.1, 0.15) is 0 Å². The molecule has 5 heteroatoms. The van der Waals surface area contributed by atoms with Crippen molar-refractivity contribution in [1.82, 2.24) is 9.97 Å². The Labute approximate surface area is 216 Å². The maximum atomic E-state index is 13.5. The van der Waals surface area contributed by atoms with Crippen LogP contribution in [0.1, 0.15) is 47.8 Å². The van der Waals surface area contributed by atoms with E-state index >= 15 is 0 Å². The number of aryl methyl sites for hydroxylation is 2. The van der Waals surface area contributed by atoms with Gasteiger partial charge in [-0.25, -0.2) is 9.97 Å². The van der Waals surface area contributed by atoms with Crippen LogP contribution >= 0.6 is 11.3 Å². The SMILES string of the molecule is Cc1ccc(-c2cc(C(=O)Nc3nc(-c4ccc(C(C)(C)C)cc4)cs3)c3ccccc3n2)c(C)c1. The monoisotopic (exact) mass is 491 g/mol. The van der Waals surface area contributed by atoms with E-state index in [1.165, 1.54) is 22.5 Å². The van der Waals surface area contributed by atoms with Gasteiger partial charge in [-0.1, -0.05) is 87.0 Å². The Morgan fingerprint density at radius 1 is 0.861 bits per heavy atom. The van der Waals surface area contributed by atoms with Crippen LogP contribution in [0.2, 0.25) is 0 Å². The second-order valence-electron chi connectivity index (χ2n) is 10.2. The highest BCUT2D eigenvalue weighted by Crippen LogP contribution is 2.31. The fourth-order valence-corrected chi connectivity index (χ4v) is 5.09. The van der Waals surface area contributed by atoms with E-state index in [1.54, 1.807) is 0 Å². The lowest BCUT2D eigenvalue weighted by Gasteiger charge is -2.18. The summed E-state index contributed by atoms with van der Waals surface area (Å²) in [5, 5.41) is 6.39. The van der Waals surface area contributed by atoms with Gasteiger partial charge in [0, 0.05) is 21.9 Å². The fraction of sp³-hybridized carbons (Fsp3) is 0.194. The van der Waals surface area contributed by atoms with Crippen molar-refractivity contribution in [3.8, 4) is 22.5 Å². The van der Waals surface area contributed by atoms with Crippen molar-refractivity contribution in [2.45, 2.75) is 40.0 Å². The molecular formula is C31H29N3OS. The van der Waals surface area contributed by atoms with Crippen LogP contribution in [0.4, 0.5) is 5.13 Å². The van der Waals surface area contributed by atoms with Crippen molar-refractivity contribution in [3.05, 3.63) is 100 Å². The van der Waals surface area contributed by atoms with E-state index in [-0.39, 0.29) is 11.3 Å². The number of benzene rings is 3. The summed E-state index contributed by atoms with van der Waals surface area (Å²) in [4.78, 5) is 23.0. The molecule has 0 radical (unpaired) electrons. The maximum Gasteiger partial charge on any atom is 0.258 e. The molecular weight excluding hydrogens is 462 g/mol. The molecule has 0 aliphatic rings. The summed E-state index contributed by atoms with van der Waals surface area (Å²) in [6, 6.07) is 24.4. The summed E-state index contributed by atoms with van der Waals surface area (Å²) in [6.45, 7) is 10.8. The van der Waals surface area contributed by atoms with Crippen LogP contribution in [0.3, 0.4) is 0 Å². The number of para-hydroxylation sites is 1. The van der Waals surface area contributed by atoms with Gasteiger partial charge < -0.3 is 0 Å². The van der Waals surface area contributed by atoms with Crippen LogP contribution < -0.4 is 5.32 Å². The molecule has 4 nitrogen and oxygen atoms in total. The maximum absolute atomic E-state index is 13.5. The number of amides is 1. The molecule has 0 spiro atoms. The first-order valence-corrected chi connectivity index (χ1v) is 12.9. The number of carbonyl (C=O) groups excluding carboxylic acids is 1. The van der Waals surface area contributed by atoms with Gasteiger partial charge in [0.25, 0.3) is 5.91 Å². The summed E-state index contributed by atoms with van der Waals surface area (Å²) >= 11 is 1.43. The van der Waals surface area contributed by atoms with Crippen LogP contribution in [-0.2, 0) is 5.41 Å². The number of nitrogens with one attached hydrogen (secondary N) is 1. The minimum Gasteiger partial charge on any atom is -0.298 e. The van der Waals surface area contributed by atoms with Crippen LogP contribution in [-0.4, -0.2) is 15.9 Å². The number of carbonyl (C=O) groups is 1. The number of aromatic nitrogens is 2. The third kappa shape index (κ3) is 4.79. The van der Waals surface area contributed by atoms with Gasteiger partial charge in [0.05, 0.1) is 22.5 Å². The molecule has 3 aromatic carbocycles. The first kappa shape index (κ1) is 23.9. The first-order chi connectivity index (χ1) is 17.2. The lowest BCUT2D eigenvalue weighted by Crippen LogP contribution is -2.13. The standard InChI is InChI=1S/C31H29N3OS/c1-19-10-15-23(20(2)16-19)27-17-25(24-8-6-7-9-26(24)32-27)29(35)34-30-33-28(18-36-30)21-11-13-22(14-12-21)31(3,4)5/h6-18H,1-5H3,(H,33,34,35). The molecule has 2 aromatic heterocycles. The molecule has 180 valence electrons. The van der Waals surface area contributed by atoms with Crippen molar-refractivity contribution >= 4 is 33.3 Å². The molecule has 0 bridgehead atoms. The minimum atomic E-state index is -0.191. The van der Waals surface area contributed by atoms with Crippen molar-refractivity contribution in [2.75, 3.05) is 5.32 Å². The molecule has 0 saturated heterocycles. The Bertz CT molecular complexity index is 1580. The van der Waals surface area contributed by atoms with Crippen molar-refractivity contribution < 1.29 is 4.79 Å². The number of pyridine rings is 1. The molecule has 0 saturated carbocycles. The Balaban J connectivity index is 1.46. The van der Waals surface area contributed by atoms with E-state index in [2.05, 4.69) is 82.4 Å². The second kappa shape index (κ2) is 9.32. The number of nitrogens with zero attached hydrogens (tertiary/aromatic N) is 2. The average molecular weight is 492 g/mol. The van der Waals surface area contributed by atoms with Gasteiger partial charge in [-0.05, 0) is 42.5 Å². The first-order valence-electron chi connectivity index (χ1n) is 12.0. The molecule has 0 fully saturated rings. The van der Waals surface area contributed by atoms with Gasteiger partial charge in [0.15, 0.2) is 5.13 Å². The van der Waals surface area contributed by atoms with E-state index in [1.807, 2.05) is 35.7 Å². The van der Waals surface area contributed by atoms with E-state index in [0.717, 1.165) is 39.0 Å². The largest absolute Gasteiger partial charge is 0.298 e. The number of rotatable bonds is 4. The summed E-state index contributed by atoms with van der Waals surface area (Å²) in [6.07, 6.45) is 0. The lowest BCUT2D eigenvalue weighted by molar-refractivity contribution is 0.102. The van der Waals surface area contributed by atoms with E-state index < -0.39 is 0 Å². The smallest absolute Gasteiger partial charge is 0.258 e. The number of hydrogen-bond acceptors (Lipinski definition) is 4. The predicted molar refractivity (Wildman–Crippen MR) is 151 cm³/mol. The molecule has 5 aromatic rings. The summed E-state index contributed by atoms with van der Waals surface area (Å²) in [7, 11) is 0. The lowest BCUT2D eigenvalue weighted by atomic mass is 9.86. The number of hydrogen-bond donors (Lipinski definition) is 1. The summed E-state index contributed by atoms with van der Waals surface area (Å²) < 4.78 is 0. The number of anilines is 1. The third-order valence-corrected chi connectivity index (χ3v) is 7.15. The molecule has 5 rings (SSSR count). The predicted octanol–water partition coefficient (Wildman–Crippen LogP) is 8.19. The molecule has 36 heavy (non-hydrogen) atoms. The third-order valence-electron chi connectivity index (χ3n) is 6.39. The Hall–Kier alpha value is -3.83. The van der Waals surface area contributed by atoms with E-state index in [9.17, 15) is 4.79 Å². The van der Waals surface area contributed by atoms with Crippen LogP contribution in [0.25, 0.3) is 33.4 Å². The highest BCUT2D eigenvalue weighted by atomic mass is 32.1. The summed E-state index contributed by atoms with van der Waals surface area (Å²) in [5.41, 5.74) is 8.78. The molecule has 2 heterocycles. The van der Waals surface area contributed by atoms with Gasteiger partial charge in [-0.3, -0.25) is 10.1 Å². The minimum absolute atomic E-state index is 0.100. The zero-order chi connectivity index (χ0) is 25.4. The quantitative estimate of drug-likeness (QED) is 0.276. The highest BCUT2D eigenvalue weighted by Gasteiger charge is 2.17. The van der Waals surface area contributed by atoms with Gasteiger partial charge in [-0.15, -0.1) is 11.3 Å². The van der Waals surface area contributed by atoms with Crippen LogP contribution in [0.15, 0.2) is 78.2 Å². The highest BCUT2D eigenvalue weighted by molar-refractivity contribution is 7.14. The molecule has 0 atom stereocenters. The van der Waals surface area contributed by atoms with Gasteiger partial charge in [0.2, 0.25) is 0 Å². The molecule has 1 amide bonds. The van der Waals surface area contributed by atoms with Gasteiger partial charge >= 0.3 is 0 Å². The molecule has 0 aliphatic carbocycles. The second-order valence-corrected chi connectivity index (χ2v) is 11.1. The Morgan fingerprint density at radius 2 is 1.61 bits per heavy atom. The molecule has 0 aliphatic heterocycles. The Morgan fingerprint density at radius 3 is 2.33 bits per heavy atom. The fourth-order valence-electron chi connectivity index (χ4n) is 4.37. The number of thiazole rings is 1. The average Bonchev–Trinajstić information content (AvgIpc) is 3.31. The van der Waals surface area contributed by atoms with Gasteiger partial charge in [-0.2, -0.15) is 0 Å². The van der Waals surface area contributed by atoms with Crippen LogP contribution in [0.5, 0.6) is 0 Å². The van der Waals surface area contributed by atoms with E-state index in [0.29, 0.717) is 10.7 Å². The molecule has 0 unspecified atom stereocenters. The molecule has 1 N–H and O–H groups in total. The van der Waals surface area contributed by atoms with Crippen molar-refractivity contribution in [2.24, 2.45) is 0 Å². The van der Waals surface area contributed by atoms with E-state index in [4.69, 9.17) is 9.97 Å². The summed E-state index contributed by atoms with van der Waals surface area (Å²) in [5.74, 6) is -0.191. The van der Waals surface area contributed by atoms with Crippen molar-refractivity contribution in [1.29, 1.82) is 0 Å². The Kier molecular flexibility index (Phi) is 6.19. The normalized spacial score (nSPS) is 11.6. The topological polar surface area (TPSA) is 54.9 Å². The zero-order valence-electron chi connectivity index (χ0n) is 21.2.